The Balaban J connectivity index is 2.01. The Morgan fingerprint density at radius 1 is 1.11 bits per heavy atom. The van der Waals surface area contributed by atoms with E-state index in [2.05, 4.69) is 42.3 Å². The van der Waals surface area contributed by atoms with Crippen LogP contribution in [0.2, 0.25) is 5.02 Å². The molecule has 0 aliphatic carbocycles. The number of aliphatic imine (C=N–C) groups is 1. The average Bonchev–Trinajstić information content (AvgIpc) is 2.65. The molecule has 1 atom stereocenters. The molecule has 0 amide bonds. The topological polar surface area (TPSA) is 79.7 Å². The first kappa shape index (κ1) is 19.3. The van der Waals surface area contributed by atoms with E-state index in [1.807, 2.05) is 24.3 Å². The van der Waals surface area contributed by atoms with Gasteiger partial charge in [-0.05, 0) is 37.6 Å². The fourth-order valence-corrected chi connectivity index (χ4v) is 3.33. The van der Waals surface area contributed by atoms with E-state index in [-0.39, 0.29) is 0 Å². The minimum atomic E-state index is -1.10. The van der Waals surface area contributed by atoms with Gasteiger partial charge in [0.05, 0.1) is 10.7 Å². The molecule has 0 spiro atoms. The smallest absolute Gasteiger partial charge is 0.211 e. The Kier molecular flexibility index (Phi) is 5.73. The molecule has 1 unspecified atom stereocenters. The summed E-state index contributed by atoms with van der Waals surface area (Å²) in [5.41, 5.74) is 16.2. The standard InChI is InChI=1S/C21H26ClN5/c1-3-27(4-2)20-14-17(12-15-8-6-5-7-9-15)25-21(24,26-20)16-10-11-18(22)19(23)13-16/h5-11,13-14,25H,3-4,12,23-24H2,1-2H3. The predicted octanol–water partition coefficient (Wildman–Crippen LogP) is 3.46. The van der Waals surface area contributed by atoms with Crippen LogP contribution in [0.1, 0.15) is 25.0 Å². The lowest BCUT2D eigenvalue weighted by Gasteiger charge is -2.36. The molecule has 0 aromatic heterocycles. The second-order valence-corrected chi connectivity index (χ2v) is 7.01. The van der Waals surface area contributed by atoms with Gasteiger partial charge in [-0.25, -0.2) is 4.99 Å². The highest BCUT2D eigenvalue weighted by Crippen LogP contribution is 2.28. The molecule has 5 nitrogen and oxygen atoms in total. The van der Waals surface area contributed by atoms with Gasteiger partial charge in [-0.3, -0.25) is 5.73 Å². The van der Waals surface area contributed by atoms with Gasteiger partial charge in [0.15, 0.2) is 0 Å². The Labute approximate surface area is 165 Å². The van der Waals surface area contributed by atoms with Crippen LogP contribution in [-0.4, -0.2) is 23.8 Å². The number of nitrogens with two attached hydrogens (primary N) is 2. The fraction of sp³-hybridized carbons (Fsp3) is 0.286. The molecule has 2 aromatic rings. The number of hydrogen-bond donors (Lipinski definition) is 3. The lowest BCUT2D eigenvalue weighted by Crippen LogP contribution is -2.53. The highest BCUT2D eigenvalue weighted by atomic mass is 35.5. The summed E-state index contributed by atoms with van der Waals surface area (Å²) in [5, 5.41) is 3.91. The van der Waals surface area contributed by atoms with Crippen LogP contribution < -0.4 is 16.8 Å². The molecule has 0 saturated carbocycles. The van der Waals surface area contributed by atoms with Crippen LogP contribution >= 0.6 is 11.6 Å². The lowest BCUT2D eigenvalue weighted by molar-refractivity contribution is 0.370. The van der Waals surface area contributed by atoms with Crippen molar-refractivity contribution in [2.24, 2.45) is 10.7 Å². The van der Waals surface area contributed by atoms with Gasteiger partial charge in [-0.15, -0.1) is 0 Å². The molecule has 6 heteroatoms. The Bertz CT molecular complexity index is 858. The van der Waals surface area contributed by atoms with E-state index in [1.54, 1.807) is 12.1 Å². The summed E-state index contributed by atoms with van der Waals surface area (Å²) in [7, 11) is 0. The molecule has 142 valence electrons. The first-order valence-electron chi connectivity index (χ1n) is 9.17. The van der Waals surface area contributed by atoms with Crippen LogP contribution in [0.15, 0.2) is 65.3 Å². The molecule has 27 heavy (non-hydrogen) atoms. The third-order valence-corrected chi connectivity index (χ3v) is 5.05. The molecule has 1 heterocycles. The van der Waals surface area contributed by atoms with Gasteiger partial charge < -0.3 is 16.0 Å². The van der Waals surface area contributed by atoms with Gasteiger partial charge in [0.2, 0.25) is 5.79 Å². The van der Waals surface area contributed by atoms with Gasteiger partial charge in [0.1, 0.15) is 5.84 Å². The second-order valence-electron chi connectivity index (χ2n) is 6.60. The normalized spacial score (nSPS) is 19.1. The van der Waals surface area contributed by atoms with Crippen molar-refractivity contribution in [1.29, 1.82) is 0 Å². The Hall–Kier alpha value is -2.50. The van der Waals surface area contributed by atoms with E-state index in [4.69, 9.17) is 28.1 Å². The van der Waals surface area contributed by atoms with Crippen LogP contribution in [-0.2, 0) is 12.2 Å². The number of rotatable bonds is 5. The Morgan fingerprint density at radius 3 is 2.44 bits per heavy atom. The molecule has 0 bridgehead atoms. The van der Waals surface area contributed by atoms with E-state index >= 15 is 0 Å². The zero-order valence-corrected chi connectivity index (χ0v) is 16.5. The van der Waals surface area contributed by atoms with Crippen LogP contribution in [0.3, 0.4) is 0 Å². The number of nitrogens with zero attached hydrogens (tertiary/aromatic N) is 2. The van der Waals surface area contributed by atoms with Crippen LogP contribution in [0.5, 0.6) is 0 Å². The summed E-state index contributed by atoms with van der Waals surface area (Å²) >= 11 is 6.08. The predicted molar refractivity (Wildman–Crippen MR) is 113 cm³/mol. The summed E-state index contributed by atoms with van der Waals surface area (Å²) in [6.45, 7) is 5.92. The van der Waals surface area contributed by atoms with E-state index in [0.717, 1.165) is 36.6 Å². The Morgan fingerprint density at radius 2 is 1.81 bits per heavy atom. The van der Waals surface area contributed by atoms with E-state index in [1.165, 1.54) is 5.56 Å². The van der Waals surface area contributed by atoms with Crippen molar-refractivity contribution in [3.8, 4) is 0 Å². The summed E-state index contributed by atoms with van der Waals surface area (Å²) in [4.78, 5) is 7.01. The molecule has 1 aliphatic rings. The van der Waals surface area contributed by atoms with E-state index in [9.17, 15) is 0 Å². The van der Waals surface area contributed by atoms with Crippen molar-refractivity contribution in [2.75, 3.05) is 18.8 Å². The number of allylic oxidation sites excluding steroid dienone is 1. The molecule has 0 fully saturated rings. The largest absolute Gasteiger partial charge is 0.398 e. The highest BCUT2D eigenvalue weighted by molar-refractivity contribution is 6.33. The third-order valence-electron chi connectivity index (χ3n) is 4.71. The number of nitrogen functional groups attached to an aromatic ring is 1. The molecule has 3 rings (SSSR count). The summed E-state index contributed by atoms with van der Waals surface area (Å²) in [6, 6.07) is 15.7. The van der Waals surface area contributed by atoms with Crippen molar-refractivity contribution in [3.05, 3.63) is 76.5 Å². The number of benzene rings is 2. The van der Waals surface area contributed by atoms with Crippen LogP contribution in [0.25, 0.3) is 0 Å². The van der Waals surface area contributed by atoms with Crippen molar-refractivity contribution in [2.45, 2.75) is 26.1 Å². The average molecular weight is 384 g/mol. The van der Waals surface area contributed by atoms with E-state index < -0.39 is 5.79 Å². The zero-order chi connectivity index (χ0) is 19.4. The minimum absolute atomic E-state index is 0.486. The number of hydrogen-bond acceptors (Lipinski definition) is 5. The highest BCUT2D eigenvalue weighted by Gasteiger charge is 2.32. The third kappa shape index (κ3) is 4.26. The summed E-state index contributed by atoms with van der Waals surface area (Å²) in [6.07, 6.45) is 2.81. The quantitative estimate of drug-likeness (QED) is 0.691. The summed E-state index contributed by atoms with van der Waals surface area (Å²) < 4.78 is 0. The number of likely N-dealkylation sites (N-methyl/N-ethyl adjacent to an activating group) is 1. The van der Waals surface area contributed by atoms with Gasteiger partial charge in [0.25, 0.3) is 0 Å². The first-order valence-corrected chi connectivity index (χ1v) is 9.54. The maximum atomic E-state index is 6.72. The van der Waals surface area contributed by atoms with Gasteiger partial charge >= 0.3 is 0 Å². The molecular weight excluding hydrogens is 358 g/mol. The van der Waals surface area contributed by atoms with Crippen molar-refractivity contribution >= 4 is 23.1 Å². The lowest BCUT2D eigenvalue weighted by atomic mass is 10.0. The number of halogens is 1. The van der Waals surface area contributed by atoms with Gasteiger partial charge in [-0.1, -0.05) is 48.0 Å². The van der Waals surface area contributed by atoms with E-state index in [0.29, 0.717) is 10.7 Å². The number of amidine groups is 1. The van der Waals surface area contributed by atoms with Crippen molar-refractivity contribution < 1.29 is 0 Å². The molecular formula is C21H26ClN5. The molecule has 5 N–H and O–H groups in total. The fourth-order valence-electron chi connectivity index (χ4n) is 3.22. The van der Waals surface area contributed by atoms with Gasteiger partial charge in [-0.2, -0.15) is 0 Å². The molecule has 0 radical (unpaired) electrons. The SMILES string of the molecule is CCN(CC)C1=NC(N)(c2ccc(Cl)c(N)c2)NC(Cc2ccccc2)=C1. The van der Waals surface area contributed by atoms with Crippen LogP contribution in [0.4, 0.5) is 5.69 Å². The first-order chi connectivity index (χ1) is 12.9. The molecule has 1 aliphatic heterocycles. The van der Waals surface area contributed by atoms with Crippen molar-refractivity contribution in [3.63, 3.8) is 0 Å². The maximum Gasteiger partial charge on any atom is 0.211 e. The van der Waals surface area contributed by atoms with Crippen LogP contribution in [0, 0.1) is 0 Å². The molecule has 2 aromatic carbocycles. The molecule has 0 saturated heterocycles. The maximum absolute atomic E-state index is 6.72. The second kappa shape index (κ2) is 8.03. The number of nitrogens with one attached hydrogen (secondary N) is 1. The van der Waals surface area contributed by atoms with Crippen molar-refractivity contribution in [1.82, 2.24) is 10.2 Å². The number of anilines is 1. The van der Waals surface area contributed by atoms with Gasteiger partial charge in [0, 0.05) is 30.8 Å². The zero-order valence-electron chi connectivity index (χ0n) is 15.7. The summed E-state index contributed by atoms with van der Waals surface area (Å²) in [5.74, 6) is -0.240. The monoisotopic (exact) mass is 383 g/mol. The minimum Gasteiger partial charge on any atom is -0.398 e.